The van der Waals surface area contributed by atoms with E-state index in [-0.39, 0.29) is 5.91 Å². The van der Waals surface area contributed by atoms with Gasteiger partial charge in [-0.25, -0.2) is 0 Å². The Bertz CT molecular complexity index is 626. The predicted molar refractivity (Wildman–Crippen MR) is 161 cm³/mol. The van der Waals surface area contributed by atoms with E-state index in [4.69, 9.17) is 0 Å². The highest BCUT2D eigenvalue weighted by atomic mass is 32.2. The maximum atomic E-state index is 12.4. The number of rotatable bonds is 29. The van der Waals surface area contributed by atoms with E-state index in [2.05, 4.69) is 19.2 Å². The molecule has 38 heavy (non-hydrogen) atoms. The van der Waals surface area contributed by atoms with Crippen molar-refractivity contribution in [2.24, 2.45) is 0 Å². The smallest absolute Gasteiger partial charge is 0.266 e. The van der Waals surface area contributed by atoms with Crippen LogP contribution in [0.4, 0.5) is 0 Å². The average molecular weight is 562 g/mol. The number of hydrogen-bond donors (Lipinski definition) is 3. The first-order valence-corrected chi connectivity index (χ1v) is 17.8. The zero-order valence-corrected chi connectivity index (χ0v) is 25.9. The quantitative estimate of drug-likeness (QED) is 0.0627. The number of nitrogens with one attached hydrogen (secondary N) is 1. The average Bonchev–Trinajstić information content (AvgIpc) is 2.86. The van der Waals surface area contributed by atoms with Crippen molar-refractivity contribution in [3.8, 4) is 0 Å². The van der Waals surface area contributed by atoms with Gasteiger partial charge < -0.3 is 10.4 Å². The van der Waals surface area contributed by atoms with Crippen molar-refractivity contribution in [3.05, 3.63) is 0 Å². The molecule has 0 bridgehead atoms. The molecule has 0 aliphatic rings. The van der Waals surface area contributed by atoms with Gasteiger partial charge in [0.2, 0.25) is 5.91 Å². The van der Waals surface area contributed by atoms with E-state index < -0.39 is 28.0 Å². The van der Waals surface area contributed by atoms with Crippen LogP contribution in [-0.2, 0) is 14.9 Å². The summed E-state index contributed by atoms with van der Waals surface area (Å²) < 4.78 is 32.2. The molecule has 3 N–H and O–H groups in total. The van der Waals surface area contributed by atoms with Crippen LogP contribution in [0.3, 0.4) is 0 Å². The summed E-state index contributed by atoms with van der Waals surface area (Å²) >= 11 is 0. The van der Waals surface area contributed by atoms with Crippen molar-refractivity contribution in [2.75, 3.05) is 5.75 Å². The van der Waals surface area contributed by atoms with E-state index in [0.717, 1.165) is 38.5 Å². The fourth-order valence-electron chi connectivity index (χ4n) is 5.10. The minimum absolute atomic E-state index is 0.248. The molecule has 0 aliphatic carbocycles. The Morgan fingerprint density at radius 2 is 0.947 bits per heavy atom. The van der Waals surface area contributed by atoms with Crippen molar-refractivity contribution in [3.63, 3.8) is 0 Å². The molecule has 0 aromatic heterocycles. The van der Waals surface area contributed by atoms with Crippen molar-refractivity contribution in [2.45, 2.75) is 187 Å². The Hall–Kier alpha value is -0.660. The first kappa shape index (κ1) is 37.3. The molecule has 6 nitrogen and oxygen atoms in total. The first-order valence-electron chi connectivity index (χ1n) is 16.2. The van der Waals surface area contributed by atoms with Crippen LogP contribution < -0.4 is 5.32 Å². The van der Waals surface area contributed by atoms with Gasteiger partial charge in [0, 0.05) is 6.42 Å². The minimum Gasteiger partial charge on any atom is -0.391 e. The van der Waals surface area contributed by atoms with Crippen LogP contribution >= 0.6 is 0 Å². The van der Waals surface area contributed by atoms with Crippen LogP contribution in [0.1, 0.15) is 174 Å². The van der Waals surface area contributed by atoms with Crippen LogP contribution in [-0.4, -0.2) is 41.9 Å². The summed E-state index contributed by atoms with van der Waals surface area (Å²) in [5.41, 5.74) is 0. The van der Waals surface area contributed by atoms with Gasteiger partial charge in [-0.2, -0.15) is 8.42 Å². The highest BCUT2D eigenvalue weighted by molar-refractivity contribution is 7.85. The number of aliphatic hydroxyl groups is 1. The fourth-order valence-corrected chi connectivity index (χ4v) is 5.86. The summed E-state index contributed by atoms with van der Waals surface area (Å²) in [5, 5.41) is 13.2. The second-order valence-corrected chi connectivity index (χ2v) is 13.0. The van der Waals surface area contributed by atoms with E-state index >= 15 is 0 Å². The Morgan fingerprint density at radius 1 is 0.605 bits per heavy atom. The van der Waals surface area contributed by atoms with Gasteiger partial charge in [0.05, 0.1) is 17.9 Å². The number of aliphatic hydroxyl groups excluding tert-OH is 1. The molecule has 1 amide bonds. The predicted octanol–water partition coefficient (Wildman–Crippen LogP) is 8.51. The molecular weight excluding hydrogens is 498 g/mol. The first-order chi connectivity index (χ1) is 18.3. The number of amides is 1. The maximum absolute atomic E-state index is 12.4. The van der Waals surface area contributed by atoms with E-state index in [1.54, 1.807) is 0 Å². The molecule has 0 saturated carbocycles. The van der Waals surface area contributed by atoms with Gasteiger partial charge in [0.15, 0.2) is 0 Å². The van der Waals surface area contributed by atoms with Crippen LogP contribution in [0, 0.1) is 0 Å². The Morgan fingerprint density at radius 3 is 1.32 bits per heavy atom. The van der Waals surface area contributed by atoms with Gasteiger partial charge in [0.1, 0.15) is 0 Å². The van der Waals surface area contributed by atoms with Gasteiger partial charge in [-0.15, -0.1) is 0 Å². The molecule has 0 aliphatic heterocycles. The zero-order chi connectivity index (χ0) is 28.3. The monoisotopic (exact) mass is 561 g/mol. The molecule has 2 unspecified atom stereocenters. The summed E-state index contributed by atoms with van der Waals surface area (Å²) in [7, 11) is -4.29. The highest BCUT2D eigenvalue weighted by Gasteiger charge is 2.26. The lowest BCUT2D eigenvalue weighted by molar-refractivity contribution is -0.122. The standard InChI is InChI=1S/C31H63NO5S/c1-3-5-7-9-11-13-15-16-17-18-20-22-24-26-30(33)29(28-38(35,36)37)32-31(34)27-25-23-21-19-14-12-10-8-6-4-2/h29-30,33H,3-28H2,1-2H3,(H,32,34)(H,35,36,37). The maximum Gasteiger partial charge on any atom is 0.266 e. The lowest BCUT2D eigenvalue weighted by atomic mass is 10.0. The molecule has 0 spiro atoms. The summed E-state index contributed by atoms with van der Waals surface area (Å²) in [4.78, 5) is 12.4. The van der Waals surface area contributed by atoms with Crippen LogP contribution in [0.5, 0.6) is 0 Å². The molecule has 0 aromatic carbocycles. The van der Waals surface area contributed by atoms with Crippen molar-refractivity contribution in [1.82, 2.24) is 5.32 Å². The molecule has 0 heterocycles. The normalized spacial score (nSPS) is 13.5. The van der Waals surface area contributed by atoms with Gasteiger partial charge in [0.25, 0.3) is 10.1 Å². The van der Waals surface area contributed by atoms with Gasteiger partial charge >= 0.3 is 0 Å². The summed E-state index contributed by atoms with van der Waals surface area (Å²) in [6.07, 6.45) is 27.6. The number of carbonyl (C=O) groups excluding carboxylic acids is 1. The molecule has 0 fully saturated rings. The van der Waals surface area contributed by atoms with E-state index in [9.17, 15) is 22.9 Å². The van der Waals surface area contributed by atoms with Crippen molar-refractivity contribution < 1.29 is 22.9 Å². The second-order valence-electron chi connectivity index (χ2n) is 11.5. The highest BCUT2D eigenvalue weighted by Crippen LogP contribution is 2.15. The van der Waals surface area contributed by atoms with Crippen molar-refractivity contribution in [1.29, 1.82) is 0 Å². The fraction of sp³-hybridized carbons (Fsp3) is 0.968. The molecular formula is C31H63NO5S. The van der Waals surface area contributed by atoms with Crippen molar-refractivity contribution >= 4 is 16.0 Å². The molecule has 228 valence electrons. The molecule has 2 atom stereocenters. The summed E-state index contributed by atoms with van der Waals surface area (Å²) in [6.45, 7) is 4.47. The largest absolute Gasteiger partial charge is 0.391 e. The summed E-state index contributed by atoms with van der Waals surface area (Å²) in [6, 6.07) is -0.960. The van der Waals surface area contributed by atoms with Gasteiger partial charge in [-0.1, -0.05) is 155 Å². The summed E-state index contributed by atoms with van der Waals surface area (Å²) in [5.74, 6) is -0.890. The Labute approximate surface area is 236 Å². The number of unbranched alkanes of at least 4 members (excludes halogenated alkanes) is 21. The Kier molecular flexibility index (Phi) is 26.1. The number of hydrogen-bond acceptors (Lipinski definition) is 4. The third-order valence-electron chi connectivity index (χ3n) is 7.56. The zero-order valence-electron chi connectivity index (χ0n) is 25.1. The van der Waals surface area contributed by atoms with E-state index in [0.29, 0.717) is 12.8 Å². The lowest BCUT2D eigenvalue weighted by Gasteiger charge is -2.23. The third-order valence-corrected chi connectivity index (χ3v) is 8.34. The molecule has 0 aromatic rings. The minimum atomic E-state index is -4.29. The number of carbonyl (C=O) groups is 1. The Balaban J connectivity index is 3.97. The van der Waals surface area contributed by atoms with Gasteiger partial charge in [-0.3, -0.25) is 9.35 Å². The lowest BCUT2D eigenvalue weighted by Crippen LogP contribution is -2.47. The molecule has 7 heteroatoms. The van der Waals surface area contributed by atoms with Crippen LogP contribution in [0.25, 0.3) is 0 Å². The molecule has 0 radical (unpaired) electrons. The van der Waals surface area contributed by atoms with Gasteiger partial charge in [-0.05, 0) is 12.8 Å². The second kappa shape index (κ2) is 26.6. The molecule has 0 rings (SSSR count). The van der Waals surface area contributed by atoms with E-state index in [1.807, 2.05) is 0 Å². The van der Waals surface area contributed by atoms with Crippen LogP contribution in [0.2, 0.25) is 0 Å². The SMILES string of the molecule is CCCCCCCCCCCCCCCC(O)C(CS(=O)(=O)O)NC(=O)CCCCCCCCCCCC. The van der Waals surface area contributed by atoms with E-state index in [1.165, 1.54) is 109 Å². The topological polar surface area (TPSA) is 104 Å². The third kappa shape index (κ3) is 26.9. The molecule has 0 saturated heterocycles. The van der Waals surface area contributed by atoms with Crippen LogP contribution in [0.15, 0.2) is 0 Å².